The fraction of sp³-hybridized carbons (Fsp3) is 0.222. The highest BCUT2D eigenvalue weighted by Crippen LogP contribution is 2.22. The van der Waals surface area contributed by atoms with E-state index in [1.54, 1.807) is 0 Å². The molecule has 1 aromatic carbocycles. The highest BCUT2D eigenvalue weighted by atomic mass is 19.1. The van der Waals surface area contributed by atoms with Crippen LogP contribution in [0.3, 0.4) is 0 Å². The predicted octanol–water partition coefficient (Wildman–Crippen LogP) is 1.76. The lowest BCUT2D eigenvalue weighted by Crippen LogP contribution is -2.00. The zero-order valence-electron chi connectivity index (χ0n) is 7.68. The van der Waals surface area contributed by atoms with Gasteiger partial charge in [-0.2, -0.15) is 0 Å². The Morgan fingerprint density at radius 2 is 2.27 bits per heavy atom. The molecule has 0 spiro atoms. The van der Waals surface area contributed by atoms with Crippen LogP contribution in [0.5, 0.6) is 5.75 Å². The van der Waals surface area contributed by atoms with Crippen molar-refractivity contribution in [3.8, 4) is 5.75 Å². The van der Waals surface area contributed by atoms with E-state index < -0.39 is 11.6 Å². The van der Waals surface area contributed by atoms with Crippen molar-refractivity contribution < 1.29 is 18.8 Å². The van der Waals surface area contributed by atoms with Crippen LogP contribution < -0.4 is 4.74 Å². The van der Waals surface area contributed by atoms with Gasteiger partial charge in [-0.15, -0.1) is 0 Å². The van der Waals surface area contributed by atoms with Crippen molar-refractivity contribution >= 4 is 12.0 Å². The SMILES string of the molecule is O=Cc1cc(OCCF)ccc1[N+](=O)[O-]. The molecule has 0 amide bonds. The number of aldehydes is 1. The van der Waals surface area contributed by atoms with Crippen LogP contribution in [-0.2, 0) is 0 Å². The Morgan fingerprint density at radius 1 is 1.53 bits per heavy atom. The van der Waals surface area contributed by atoms with Crippen LogP contribution in [0.2, 0.25) is 0 Å². The van der Waals surface area contributed by atoms with E-state index in [4.69, 9.17) is 4.74 Å². The number of ether oxygens (including phenoxy) is 1. The third-order valence-corrected chi connectivity index (χ3v) is 1.67. The number of nitro groups is 1. The lowest BCUT2D eigenvalue weighted by molar-refractivity contribution is -0.385. The average molecular weight is 213 g/mol. The lowest BCUT2D eigenvalue weighted by atomic mass is 10.2. The van der Waals surface area contributed by atoms with Crippen LogP contribution >= 0.6 is 0 Å². The number of carbonyl (C=O) groups is 1. The molecule has 6 heteroatoms. The fourth-order valence-corrected chi connectivity index (χ4v) is 1.04. The minimum Gasteiger partial charge on any atom is -0.491 e. The van der Waals surface area contributed by atoms with Crippen LogP contribution in [0.4, 0.5) is 10.1 Å². The second-order valence-electron chi connectivity index (χ2n) is 2.63. The van der Waals surface area contributed by atoms with E-state index in [1.807, 2.05) is 0 Å². The van der Waals surface area contributed by atoms with Crippen molar-refractivity contribution in [1.82, 2.24) is 0 Å². The molecule has 0 N–H and O–H groups in total. The molecule has 80 valence electrons. The second-order valence-corrected chi connectivity index (χ2v) is 2.63. The summed E-state index contributed by atoms with van der Waals surface area (Å²) in [6.45, 7) is -0.802. The van der Waals surface area contributed by atoms with Gasteiger partial charge >= 0.3 is 0 Å². The summed E-state index contributed by atoms with van der Waals surface area (Å²) in [5.41, 5.74) is -0.381. The van der Waals surface area contributed by atoms with Crippen LogP contribution in [0.25, 0.3) is 0 Å². The standard InChI is InChI=1S/C9H8FNO4/c10-3-4-15-8-1-2-9(11(13)14)7(5-8)6-12/h1-2,5-6H,3-4H2. The lowest BCUT2D eigenvalue weighted by Gasteiger charge is -2.03. The minimum absolute atomic E-state index is 0.0867. The van der Waals surface area contributed by atoms with E-state index in [0.717, 1.165) is 6.07 Å². The van der Waals surface area contributed by atoms with Gasteiger partial charge in [0.1, 0.15) is 19.0 Å². The molecule has 1 rings (SSSR count). The molecule has 0 aromatic heterocycles. The van der Waals surface area contributed by atoms with E-state index >= 15 is 0 Å². The van der Waals surface area contributed by atoms with Gasteiger partial charge in [-0.1, -0.05) is 0 Å². The number of alkyl halides is 1. The number of hydrogen-bond donors (Lipinski definition) is 0. The monoisotopic (exact) mass is 213 g/mol. The molecule has 0 saturated carbocycles. The van der Waals surface area contributed by atoms with Gasteiger partial charge in [-0.3, -0.25) is 14.9 Å². The van der Waals surface area contributed by atoms with E-state index in [1.165, 1.54) is 12.1 Å². The van der Waals surface area contributed by atoms with Gasteiger partial charge in [-0.25, -0.2) is 4.39 Å². The number of carbonyl (C=O) groups excluding carboxylic acids is 1. The van der Waals surface area contributed by atoms with E-state index in [-0.39, 0.29) is 23.6 Å². The molecular formula is C9H8FNO4. The van der Waals surface area contributed by atoms with Crippen LogP contribution in [0.1, 0.15) is 10.4 Å². The van der Waals surface area contributed by atoms with Crippen molar-refractivity contribution in [2.24, 2.45) is 0 Å². The van der Waals surface area contributed by atoms with Crippen molar-refractivity contribution in [2.45, 2.75) is 0 Å². The van der Waals surface area contributed by atoms with Gasteiger partial charge in [0, 0.05) is 6.07 Å². The molecule has 15 heavy (non-hydrogen) atoms. The van der Waals surface area contributed by atoms with Gasteiger partial charge in [-0.05, 0) is 12.1 Å². The maximum absolute atomic E-state index is 11.8. The number of benzene rings is 1. The van der Waals surface area contributed by atoms with Gasteiger partial charge in [0.15, 0.2) is 6.29 Å². The molecule has 0 aliphatic carbocycles. The first-order valence-electron chi connectivity index (χ1n) is 4.11. The summed E-state index contributed by atoms with van der Waals surface area (Å²) in [7, 11) is 0. The molecule has 0 aliphatic rings. The first-order valence-corrected chi connectivity index (χ1v) is 4.11. The van der Waals surface area contributed by atoms with Crippen molar-refractivity contribution in [1.29, 1.82) is 0 Å². The summed E-state index contributed by atoms with van der Waals surface area (Å²) in [4.78, 5) is 20.3. The Hall–Kier alpha value is -1.98. The molecule has 0 heterocycles. The molecule has 0 bridgehead atoms. The first-order chi connectivity index (χ1) is 7.19. The number of nitrogens with zero attached hydrogens (tertiary/aromatic N) is 1. The zero-order chi connectivity index (χ0) is 11.3. The molecule has 1 aromatic rings. The van der Waals surface area contributed by atoms with Gasteiger partial charge < -0.3 is 4.74 Å². The third kappa shape index (κ3) is 2.73. The summed E-state index contributed by atoms with van der Waals surface area (Å²) in [5, 5.41) is 10.5. The molecular weight excluding hydrogens is 205 g/mol. The Balaban J connectivity index is 2.97. The third-order valence-electron chi connectivity index (χ3n) is 1.67. The topological polar surface area (TPSA) is 69.4 Å². The van der Waals surface area contributed by atoms with Crippen molar-refractivity contribution in [2.75, 3.05) is 13.3 Å². The molecule has 5 nitrogen and oxygen atoms in total. The van der Waals surface area contributed by atoms with Gasteiger partial charge in [0.2, 0.25) is 0 Å². The number of halogens is 1. The van der Waals surface area contributed by atoms with Crippen LogP contribution in [0, 0.1) is 10.1 Å². The molecule has 0 fully saturated rings. The highest BCUT2D eigenvalue weighted by Gasteiger charge is 2.13. The highest BCUT2D eigenvalue weighted by molar-refractivity contribution is 5.82. The summed E-state index contributed by atoms with van der Waals surface area (Å²) in [6.07, 6.45) is 0.362. The number of hydrogen-bond acceptors (Lipinski definition) is 4. The molecule has 0 radical (unpaired) electrons. The summed E-state index contributed by atoms with van der Waals surface area (Å²) in [5.74, 6) is 0.236. The van der Waals surface area contributed by atoms with E-state index in [2.05, 4.69) is 0 Å². The van der Waals surface area contributed by atoms with Crippen molar-refractivity contribution in [3.05, 3.63) is 33.9 Å². The number of nitro benzene ring substituents is 1. The van der Waals surface area contributed by atoms with Crippen LogP contribution in [-0.4, -0.2) is 24.5 Å². The maximum Gasteiger partial charge on any atom is 0.280 e. The van der Waals surface area contributed by atoms with E-state index in [0.29, 0.717) is 6.29 Å². The molecule has 0 aliphatic heterocycles. The predicted molar refractivity (Wildman–Crippen MR) is 50.0 cm³/mol. The zero-order valence-corrected chi connectivity index (χ0v) is 7.68. The Morgan fingerprint density at radius 3 is 2.80 bits per heavy atom. The maximum atomic E-state index is 11.8. The Labute approximate surface area is 84.6 Å². The Bertz CT molecular complexity index is 380. The number of rotatable bonds is 5. The fourth-order valence-electron chi connectivity index (χ4n) is 1.04. The van der Waals surface area contributed by atoms with Gasteiger partial charge in [0.05, 0.1) is 10.5 Å². The Kier molecular flexibility index (Phi) is 3.73. The summed E-state index contributed by atoms with van der Waals surface area (Å²) >= 11 is 0. The summed E-state index contributed by atoms with van der Waals surface area (Å²) in [6, 6.07) is 3.68. The average Bonchev–Trinajstić information content (AvgIpc) is 2.25. The van der Waals surface area contributed by atoms with Crippen molar-refractivity contribution in [3.63, 3.8) is 0 Å². The van der Waals surface area contributed by atoms with Gasteiger partial charge in [0.25, 0.3) is 5.69 Å². The quantitative estimate of drug-likeness (QED) is 0.424. The first kappa shape index (κ1) is 11.1. The molecule has 0 atom stereocenters. The molecule has 0 unspecified atom stereocenters. The normalized spacial score (nSPS) is 9.67. The largest absolute Gasteiger partial charge is 0.491 e. The minimum atomic E-state index is -0.664. The van der Waals surface area contributed by atoms with E-state index in [9.17, 15) is 19.3 Å². The molecule has 0 saturated heterocycles. The second kappa shape index (κ2) is 5.04. The summed E-state index contributed by atoms with van der Waals surface area (Å²) < 4.78 is 16.6. The smallest absolute Gasteiger partial charge is 0.280 e. The van der Waals surface area contributed by atoms with Crippen LogP contribution in [0.15, 0.2) is 18.2 Å².